The summed E-state index contributed by atoms with van der Waals surface area (Å²) in [4.78, 5) is 23.4. The van der Waals surface area contributed by atoms with E-state index in [0.717, 1.165) is 62.7 Å². The summed E-state index contributed by atoms with van der Waals surface area (Å²) in [5.74, 6) is 2.71. The molecule has 0 spiro atoms. The van der Waals surface area contributed by atoms with Crippen LogP contribution in [0.3, 0.4) is 0 Å². The average molecular weight is 361 g/mol. The lowest BCUT2D eigenvalue weighted by atomic mass is 9.84. The molecular weight excluding hydrogens is 330 g/mol. The molecule has 1 saturated carbocycles. The van der Waals surface area contributed by atoms with Gasteiger partial charge in [-0.05, 0) is 32.6 Å². The molecule has 2 N–H and O–H groups in total. The molecule has 1 amide bonds. The number of guanidine groups is 1. The summed E-state index contributed by atoms with van der Waals surface area (Å²) in [7, 11) is 5.45. The van der Waals surface area contributed by atoms with Gasteiger partial charge in [-0.1, -0.05) is 12.8 Å². The fourth-order valence-corrected chi connectivity index (χ4v) is 4.21. The van der Waals surface area contributed by atoms with Crippen molar-refractivity contribution in [2.24, 2.45) is 10.4 Å². The molecule has 26 heavy (non-hydrogen) atoms. The van der Waals surface area contributed by atoms with Crippen molar-refractivity contribution in [3.05, 3.63) is 11.6 Å². The smallest absolute Gasteiger partial charge is 0.230 e. The third kappa shape index (κ3) is 3.68. The van der Waals surface area contributed by atoms with Crippen molar-refractivity contribution in [1.82, 2.24) is 30.3 Å². The van der Waals surface area contributed by atoms with Gasteiger partial charge in [0.15, 0.2) is 5.96 Å². The van der Waals surface area contributed by atoms with Gasteiger partial charge in [0, 0.05) is 34.2 Å². The number of nitrogens with zero attached hydrogens (tertiary/aromatic N) is 5. The van der Waals surface area contributed by atoms with Gasteiger partial charge in [-0.2, -0.15) is 5.10 Å². The van der Waals surface area contributed by atoms with Gasteiger partial charge in [0.1, 0.15) is 11.6 Å². The van der Waals surface area contributed by atoms with Crippen LogP contribution in [0.4, 0.5) is 0 Å². The number of carbonyl (C=O) groups is 1. The van der Waals surface area contributed by atoms with E-state index in [2.05, 4.69) is 25.7 Å². The Bertz CT molecular complexity index is 673. The summed E-state index contributed by atoms with van der Waals surface area (Å²) >= 11 is 0. The molecule has 0 bridgehead atoms. The quantitative estimate of drug-likeness (QED) is 0.622. The van der Waals surface area contributed by atoms with Gasteiger partial charge in [-0.15, -0.1) is 0 Å². The fourth-order valence-electron chi connectivity index (χ4n) is 4.21. The minimum Gasteiger partial charge on any atom is -0.355 e. The number of amides is 1. The second-order valence-electron chi connectivity index (χ2n) is 7.69. The lowest BCUT2D eigenvalue weighted by Crippen LogP contribution is -2.50. The van der Waals surface area contributed by atoms with Crippen LogP contribution >= 0.6 is 0 Å². The van der Waals surface area contributed by atoms with E-state index in [-0.39, 0.29) is 17.4 Å². The normalized spacial score (nSPS) is 22.0. The number of rotatable bonds is 4. The minimum atomic E-state index is -0.315. The maximum Gasteiger partial charge on any atom is 0.230 e. The molecule has 1 aromatic rings. The van der Waals surface area contributed by atoms with E-state index in [1.54, 1.807) is 11.9 Å². The Hall–Kier alpha value is -2.12. The van der Waals surface area contributed by atoms with Gasteiger partial charge in [-0.3, -0.25) is 9.79 Å². The fraction of sp³-hybridized carbons (Fsp3) is 0.778. The van der Waals surface area contributed by atoms with Crippen molar-refractivity contribution in [3.8, 4) is 0 Å². The summed E-state index contributed by atoms with van der Waals surface area (Å²) in [5, 5.41) is 11.3. The Kier molecular flexibility index (Phi) is 5.48. The van der Waals surface area contributed by atoms with Gasteiger partial charge in [-0.25, -0.2) is 9.67 Å². The molecule has 1 atom stereocenters. The lowest BCUT2D eigenvalue weighted by Gasteiger charge is -2.32. The molecule has 1 aromatic heterocycles. The monoisotopic (exact) mass is 361 g/mol. The van der Waals surface area contributed by atoms with Crippen LogP contribution in [0, 0.1) is 12.3 Å². The van der Waals surface area contributed by atoms with Crippen molar-refractivity contribution in [2.75, 3.05) is 27.7 Å². The summed E-state index contributed by atoms with van der Waals surface area (Å²) in [5.41, 5.74) is -0.315. The number of carbonyl (C=O) groups excluding carboxylic acids is 1. The first kappa shape index (κ1) is 18.7. The molecule has 2 aliphatic rings. The van der Waals surface area contributed by atoms with E-state index >= 15 is 0 Å². The van der Waals surface area contributed by atoms with E-state index in [1.807, 2.05) is 25.7 Å². The summed E-state index contributed by atoms with van der Waals surface area (Å²) in [6, 6.07) is 0.0974. The molecule has 0 saturated heterocycles. The number of aliphatic imine (C=N–C) groups is 1. The molecule has 2 heterocycles. The highest BCUT2D eigenvalue weighted by Gasteiger charge is 2.42. The zero-order chi connectivity index (χ0) is 18.7. The standard InChI is InChI=1S/C18H31N7O/c1-13-21-15-14(8-7-11-25(15)23-13)22-17(19-2)20-12-18(9-5-6-10-18)16(26)24(3)4/h14H,5-12H2,1-4H3,(H2,19,20,22). The average Bonchev–Trinajstić information content (AvgIpc) is 3.24. The summed E-state index contributed by atoms with van der Waals surface area (Å²) < 4.78 is 1.98. The summed E-state index contributed by atoms with van der Waals surface area (Å²) in [6.45, 7) is 3.45. The molecule has 8 heteroatoms. The van der Waals surface area contributed by atoms with E-state index < -0.39 is 0 Å². The third-order valence-corrected chi connectivity index (χ3v) is 5.53. The Labute approximate surface area is 155 Å². The first-order chi connectivity index (χ1) is 12.4. The molecule has 1 aliphatic carbocycles. The van der Waals surface area contributed by atoms with Gasteiger partial charge in [0.25, 0.3) is 0 Å². The molecule has 1 fully saturated rings. The number of nitrogens with one attached hydrogen (secondary N) is 2. The predicted molar refractivity (Wildman–Crippen MR) is 101 cm³/mol. The second kappa shape index (κ2) is 7.63. The lowest BCUT2D eigenvalue weighted by molar-refractivity contribution is -0.138. The molecule has 1 unspecified atom stereocenters. The van der Waals surface area contributed by atoms with E-state index in [1.165, 1.54) is 0 Å². The Morgan fingerprint density at radius 1 is 1.35 bits per heavy atom. The van der Waals surface area contributed by atoms with Crippen LogP contribution in [-0.2, 0) is 11.3 Å². The van der Waals surface area contributed by atoms with E-state index in [4.69, 9.17) is 0 Å². The number of hydrogen-bond acceptors (Lipinski definition) is 4. The molecule has 1 aliphatic heterocycles. The van der Waals surface area contributed by atoms with E-state index in [9.17, 15) is 4.79 Å². The van der Waals surface area contributed by atoms with Gasteiger partial charge in [0.2, 0.25) is 5.91 Å². The topological polar surface area (TPSA) is 87.4 Å². The van der Waals surface area contributed by atoms with Crippen molar-refractivity contribution in [3.63, 3.8) is 0 Å². The number of aromatic nitrogens is 3. The zero-order valence-corrected chi connectivity index (χ0v) is 16.4. The molecular formula is C18H31N7O. The molecule has 3 rings (SSSR count). The molecule has 0 aromatic carbocycles. The highest BCUT2D eigenvalue weighted by molar-refractivity contribution is 5.85. The van der Waals surface area contributed by atoms with Gasteiger partial charge >= 0.3 is 0 Å². The van der Waals surface area contributed by atoms with Crippen LogP contribution in [0.25, 0.3) is 0 Å². The highest BCUT2D eigenvalue weighted by Crippen LogP contribution is 2.39. The largest absolute Gasteiger partial charge is 0.355 e. The van der Waals surface area contributed by atoms with Crippen LogP contribution in [0.5, 0.6) is 0 Å². The van der Waals surface area contributed by atoms with Crippen molar-refractivity contribution >= 4 is 11.9 Å². The third-order valence-electron chi connectivity index (χ3n) is 5.53. The maximum absolute atomic E-state index is 12.7. The Morgan fingerprint density at radius 3 is 2.73 bits per heavy atom. The van der Waals surface area contributed by atoms with Gasteiger partial charge in [0.05, 0.1) is 11.5 Å². The maximum atomic E-state index is 12.7. The van der Waals surface area contributed by atoms with Crippen molar-refractivity contribution in [2.45, 2.75) is 58.0 Å². The minimum absolute atomic E-state index is 0.0974. The Balaban J connectivity index is 1.66. The number of aryl methyl sites for hydroxylation is 2. The zero-order valence-electron chi connectivity index (χ0n) is 16.4. The molecule has 0 radical (unpaired) electrons. The highest BCUT2D eigenvalue weighted by atomic mass is 16.2. The Morgan fingerprint density at radius 2 is 2.08 bits per heavy atom. The number of fused-ring (bicyclic) bond motifs is 1. The van der Waals surface area contributed by atoms with Crippen molar-refractivity contribution < 1.29 is 4.79 Å². The van der Waals surface area contributed by atoms with Crippen molar-refractivity contribution in [1.29, 1.82) is 0 Å². The number of hydrogen-bond donors (Lipinski definition) is 2. The first-order valence-corrected chi connectivity index (χ1v) is 9.55. The first-order valence-electron chi connectivity index (χ1n) is 9.55. The van der Waals surface area contributed by atoms with Crippen LogP contribution in [0.2, 0.25) is 0 Å². The van der Waals surface area contributed by atoms with Crippen LogP contribution in [0.15, 0.2) is 4.99 Å². The molecule has 8 nitrogen and oxygen atoms in total. The van der Waals surface area contributed by atoms with Crippen LogP contribution < -0.4 is 10.6 Å². The van der Waals surface area contributed by atoms with E-state index in [0.29, 0.717) is 6.54 Å². The predicted octanol–water partition coefficient (Wildman–Crippen LogP) is 1.24. The molecule has 144 valence electrons. The SMILES string of the molecule is CN=C(NCC1(C(=O)N(C)C)CCCC1)NC1CCCn2nc(C)nc21. The van der Waals surface area contributed by atoms with Gasteiger partial charge < -0.3 is 15.5 Å². The van der Waals surface area contributed by atoms with Crippen LogP contribution in [-0.4, -0.2) is 59.2 Å². The second-order valence-corrected chi connectivity index (χ2v) is 7.69. The summed E-state index contributed by atoms with van der Waals surface area (Å²) in [6.07, 6.45) is 6.15. The van der Waals surface area contributed by atoms with Crippen LogP contribution in [0.1, 0.15) is 56.2 Å².